The van der Waals surface area contributed by atoms with Gasteiger partial charge in [-0.25, -0.2) is 26.3 Å². The Kier molecular flexibility index (Phi) is 13.8. The van der Waals surface area contributed by atoms with Crippen LogP contribution < -0.4 is 31.5 Å². The Balaban J connectivity index is 0.000000212. The molecule has 2 aromatic heterocycles. The Bertz CT molecular complexity index is 2470. The number of aliphatic hydroxyl groups excluding tert-OH is 1. The molecule has 0 aliphatic carbocycles. The summed E-state index contributed by atoms with van der Waals surface area (Å²) < 4.78 is 83.9. The van der Waals surface area contributed by atoms with Crippen molar-refractivity contribution in [1.82, 2.24) is 29.8 Å². The van der Waals surface area contributed by atoms with Gasteiger partial charge in [0.1, 0.15) is 59.4 Å². The second kappa shape index (κ2) is 19.0. The molecule has 2 fully saturated rings. The van der Waals surface area contributed by atoms with E-state index in [0.717, 1.165) is 25.2 Å². The molecule has 4 aromatic rings. The molecule has 5 N–H and O–H groups in total. The Hall–Kier alpha value is -7.04. The summed E-state index contributed by atoms with van der Waals surface area (Å²) >= 11 is 0. The van der Waals surface area contributed by atoms with Crippen molar-refractivity contribution in [1.29, 1.82) is 0 Å². The van der Waals surface area contributed by atoms with Gasteiger partial charge in [0.25, 0.3) is 23.6 Å². The van der Waals surface area contributed by atoms with E-state index in [0.29, 0.717) is 56.1 Å². The van der Waals surface area contributed by atoms with E-state index in [1.54, 1.807) is 10.0 Å². The number of amides is 4. The van der Waals surface area contributed by atoms with E-state index in [-0.39, 0.29) is 45.2 Å². The van der Waals surface area contributed by atoms with Crippen LogP contribution in [0.15, 0.2) is 46.2 Å². The zero-order valence-corrected chi connectivity index (χ0v) is 33.8. The lowest BCUT2D eigenvalue weighted by molar-refractivity contribution is 0.0589. The lowest BCUT2D eigenvalue weighted by Gasteiger charge is -2.42. The van der Waals surface area contributed by atoms with E-state index in [9.17, 15) is 70.4 Å². The summed E-state index contributed by atoms with van der Waals surface area (Å²) in [6.45, 7) is 2.57. The average molecular weight is 919 g/mol. The predicted molar refractivity (Wildman–Crippen MR) is 218 cm³/mol. The number of pyridine rings is 2. The van der Waals surface area contributed by atoms with E-state index in [4.69, 9.17) is 0 Å². The maximum atomic E-state index is 13.8. The van der Waals surface area contributed by atoms with Crippen molar-refractivity contribution in [2.45, 2.75) is 59.2 Å². The van der Waals surface area contributed by atoms with Gasteiger partial charge in [-0.1, -0.05) is 14.4 Å². The molecule has 2 aromatic carbocycles. The van der Waals surface area contributed by atoms with Gasteiger partial charge in [0, 0.05) is 87.1 Å². The monoisotopic (exact) mass is 918 g/mol. The van der Waals surface area contributed by atoms with Crippen LogP contribution in [0.2, 0.25) is 0 Å². The zero-order chi connectivity index (χ0) is 46.3. The Morgan fingerprint density at radius 1 is 0.615 bits per heavy atom. The summed E-state index contributed by atoms with van der Waals surface area (Å²) in [5, 5.41) is 38.5. The van der Waals surface area contributed by atoms with E-state index < -0.39 is 122 Å². The van der Waals surface area contributed by atoms with Crippen molar-refractivity contribution < 1.29 is 60.8 Å². The fourth-order valence-electron chi connectivity index (χ4n) is 7.65. The fraction of sp³-hybridized carbons (Fsp3) is 0.381. The first-order chi connectivity index (χ1) is 30.3. The minimum atomic E-state index is -1.21. The van der Waals surface area contributed by atoms with Gasteiger partial charge >= 0.3 is 0 Å². The molecule has 348 valence electrons. The number of aliphatic hydroxyl groups is 1. The Morgan fingerprint density at radius 3 is 1.38 bits per heavy atom. The van der Waals surface area contributed by atoms with Crippen LogP contribution in [-0.2, 0) is 13.1 Å². The third-order valence-electron chi connectivity index (χ3n) is 11.4. The molecule has 6 heterocycles. The summed E-state index contributed by atoms with van der Waals surface area (Å²) in [4.78, 5) is 78.9. The molecule has 4 bridgehead atoms. The topological polar surface area (TPSA) is 210 Å². The van der Waals surface area contributed by atoms with Gasteiger partial charge in [-0.15, -0.1) is 0 Å². The van der Waals surface area contributed by atoms with E-state index in [1.807, 2.05) is 0 Å². The van der Waals surface area contributed by atoms with Crippen molar-refractivity contribution >= 4 is 23.6 Å². The van der Waals surface area contributed by atoms with Crippen LogP contribution in [0.5, 0.6) is 11.5 Å². The van der Waals surface area contributed by atoms with E-state index >= 15 is 0 Å². The van der Waals surface area contributed by atoms with Gasteiger partial charge in [-0.05, 0) is 31.6 Å². The molecule has 2 saturated heterocycles. The largest absolute Gasteiger partial charge is 0.502 e. The number of rotatable bonds is 6. The number of hydrogen-bond donors (Lipinski definition) is 5. The van der Waals surface area contributed by atoms with Gasteiger partial charge in [0.15, 0.2) is 22.9 Å². The molecule has 23 heteroatoms. The molecule has 0 spiro atoms. The number of aromatic nitrogens is 2. The van der Waals surface area contributed by atoms with Gasteiger partial charge in [0.05, 0.1) is 6.10 Å². The molecule has 65 heavy (non-hydrogen) atoms. The van der Waals surface area contributed by atoms with Crippen LogP contribution in [0.25, 0.3) is 0 Å². The lowest BCUT2D eigenvalue weighted by Crippen LogP contribution is -2.56. The molecule has 17 nitrogen and oxygen atoms in total. The normalized spacial score (nSPS) is 17.8. The Morgan fingerprint density at radius 2 is 0.969 bits per heavy atom. The highest BCUT2D eigenvalue weighted by Crippen LogP contribution is 2.26. The highest BCUT2D eigenvalue weighted by molar-refractivity contribution is 6.00. The molecule has 8 rings (SSSR count). The highest BCUT2D eigenvalue weighted by Gasteiger charge is 2.37. The minimum Gasteiger partial charge on any atom is -0.502 e. The van der Waals surface area contributed by atoms with Gasteiger partial charge in [0.2, 0.25) is 10.9 Å². The molecule has 4 amide bonds. The third kappa shape index (κ3) is 9.45. The second-order valence-corrected chi connectivity index (χ2v) is 15.7. The first kappa shape index (κ1) is 47.4. The minimum absolute atomic E-state index is 0. The maximum absolute atomic E-state index is 13.8. The smallest absolute Gasteiger partial charge is 0.277 e. The van der Waals surface area contributed by atoms with Gasteiger partial charge in [-0.3, -0.25) is 48.1 Å². The summed E-state index contributed by atoms with van der Waals surface area (Å²) in [5.74, 6) is -11.7. The van der Waals surface area contributed by atoms with Crippen molar-refractivity contribution in [3.05, 3.63) is 126 Å². The van der Waals surface area contributed by atoms with E-state index in [2.05, 4.69) is 17.6 Å². The van der Waals surface area contributed by atoms with Crippen LogP contribution in [-0.4, -0.2) is 104 Å². The molecule has 0 unspecified atom stereocenters. The van der Waals surface area contributed by atoms with Crippen LogP contribution in [0.4, 0.5) is 26.3 Å². The highest BCUT2D eigenvalue weighted by atomic mass is 19.2. The van der Waals surface area contributed by atoms with Crippen molar-refractivity contribution in [2.24, 2.45) is 5.92 Å². The van der Waals surface area contributed by atoms with Gasteiger partial charge in [-0.2, -0.15) is 0 Å². The third-order valence-corrected chi connectivity index (χ3v) is 11.4. The predicted octanol–water partition coefficient (Wildman–Crippen LogP) is 2.73. The number of carbonyl (C=O) groups is 4. The first-order valence-electron chi connectivity index (χ1n) is 19.9. The molecule has 0 saturated carbocycles. The van der Waals surface area contributed by atoms with Crippen LogP contribution in [0.1, 0.15) is 92.9 Å². The average Bonchev–Trinajstić information content (AvgIpc) is 3.22. The first-order valence-corrected chi connectivity index (χ1v) is 19.9. The molecule has 4 aliphatic rings. The number of carbonyl (C=O) groups excluding carboxylic acids is 4. The molecular weight excluding hydrogens is 874 g/mol. The number of hydrogen-bond acceptors (Lipinski definition) is 11. The number of aromatic hydroxyl groups is 2. The SMILES string of the molecule is C.C[C@@H]1CCN2CN(CC1)n1cc(C(=O)NCc3c(F)cc(F)cc3F)c(=O)c(O)c1C2=O.O=C(NCc1c(F)cc(F)cc1F)c1cn2c(c(O)c1=O)C(=O)N1CC[C@@H](O)CCN2C1. The standard InChI is InChI=1S/C21H21F3N4O4.C20H19F3N4O5.CH4/c1-11-2-4-26-10-27(5-3-11)28-9-14(18(29)19(30)17(28)21(26)32)20(31)25-8-13-15(23)6-12(22)7-16(13)24;21-10-5-14(22)12(15(23)6-10)7-24-19(31)13-8-27-16(18(30)17(13)29)20(32)25-3-1-11(28)2-4-26(27)9-25;/h6-7,9,11,30H,2-5,8,10H2,1H3,(H,25,31);5-6,8,11,28,30H,1-4,7,9H2,(H,24,31);1H4/t2*11-;/m11./s1. The van der Waals surface area contributed by atoms with Crippen molar-refractivity contribution in [3.8, 4) is 11.5 Å². The van der Waals surface area contributed by atoms with Crippen molar-refractivity contribution in [2.75, 3.05) is 49.5 Å². The number of nitrogens with one attached hydrogen (secondary N) is 2. The van der Waals surface area contributed by atoms with Crippen LogP contribution >= 0.6 is 0 Å². The van der Waals surface area contributed by atoms with E-state index in [1.165, 1.54) is 19.2 Å². The van der Waals surface area contributed by atoms with Gasteiger partial charge < -0.3 is 35.8 Å². The summed E-state index contributed by atoms with van der Waals surface area (Å²) in [6, 6.07) is 1.87. The molecular formula is C42H44F6N8O9. The second-order valence-electron chi connectivity index (χ2n) is 15.7. The zero-order valence-electron chi connectivity index (χ0n) is 33.8. The lowest BCUT2D eigenvalue weighted by atomic mass is 10.0. The molecule has 4 aliphatic heterocycles. The fourth-order valence-corrected chi connectivity index (χ4v) is 7.65. The number of benzene rings is 2. The van der Waals surface area contributed by atoms with Crippen LogP contribution in [0, 0.1) is 40.8 Å². The summed E-state index contributed by atoms with van der Waals surface area (Å²) in [7, 11) is 0. The maximum Gasteiger partial charge on any atom is 0.277 e. The van der Waals surface area contributed by atoms with Crippen LogP contribution in [0.3, 0.4) is 0 Å². The summed E-state index contributed by atoms with van der Waals surface area (Å²) in [5.41, 5.74) is -4.98. The molecule has 0 radical (unpaired) electrons. The summed E-state index contributed by atoms with van der Waals surface area (Å²) in [6.07, 6.45) is 3.87. The Labute approximate surface area is 365 Å². The quantitative estimate of drug-likeness (QED) is 0.178. The van der Waals surface area contributed by atoms with Crippen molar-refractivity contribution in [3.63, 3.8) is 0 Å². The molecule has 2 atom stereocenters. The number of fused-ring (bicyclic) bond motifs is 8. The number of halogens is 6. The number of nitrogens with zero attached hydrogens (tertiary/aromatic N) is 6.